The van der Waals surface area contributed by atoms with E-state index in [-0.39, 0.29) is 11.2 Å². The lowest BCUT2D eigenvalue weighted by Gasteiger charge is -2.06. The molecule has 94 valence electrons. The molecule has 1 aliphatic rings. The molecule has 0 aliphatic heterocycles. The molecule has 18 heavy (non-hydrogen) atoms. The molecular formula is C10H9ClN4O2S. The van der Waals surface area contributed by atoms with Gasteiger partial charge in [0.05, 0.1) is 0 Å². The van der Waals surface area contributed by atoms with E-state index in [0.717, 1.165) is 18.4 Å². The predicted molar refractivity (Wildman–Crippen MR) is 64.6 cm³/mol. The van der Waals surface area contributed by atoms with Crippen molar-refractivity contribution in [3.05, 3.63) is 24.5 Å². The Morgan fingerprint density at radius 3 is 2.44 bits per heavy atom. The van der Waals surface area contributed by atoms with Gasteiger partial charge in [0, 0.05) is 34.7 Å². The molecule has 2 heterocycles. The van der Waals surface area contributed by atoms with Gasteiger partial charge in [-0.25, -0.2) is 8.42 Å². The summed E-state index contributed by atoms with van der Waals surface area (Å²) in [7, 11) is 1.49. The number of rotatable bonds is 3. The van der Waals surface area contributed by atoms with E-state index < -0.39 is 9.05 Å². The molecule has 2 aromatic heterocycles. The first kappa shape index (κ1) is 11.6. The maximum absolute atomic E-state index is 11.5. The Morgan fingerprint density at radius 2 is 1.89 bits per heavy atom. The van der Waals surface area contributed by atoms with Crippen LogP contribution < -0.4 is 0 Å². The maximum atomic E-state index is 11.5. The summed E-state index contributed by atoms with van der Waals surface area (Å²) in [6, 6.07) is 3.63. The third kappa shape index (κ3) is 1.99. The molecule has 0 bridgehead atoms. The Balaban J connectivity index is 2.20. The summed E-state index contributed by atoms with van der Waals surface area (Å²) >= 11 is 0. The van der Waals surface area contributed by atoms with E-state index in [2.05, 4.69) is 15.2 Å². The van der Waals surface area contributed by atoms with Gasteiger partial charge >= 0.3 is 0 Å². The van der Waals surface area contributed by atoms with Crippen LogP contribution in [-0.4, -0.2) is 28.2 Å². The average Bonchev–Trinajstić information content (AvgIpc) is 3.07. The normalized spacial score (nSPS) is 15.8. The molecule has 0 aromatic carbocycles. The van der Waals surface area contributed by atoms with Crippen LogP contribution >= 0.6 is 10.7 Å². The van der Waals surface area contributed by atoms with Crippen molar-refractivity contribution in [2.75, 3.05) is 0 Å². The van der Waals surface area contributed by atoms with E-state index >= 15 is 0 Å². The highest BCUT2D eigenvalue weighted by molar-refractivity contribution is 8.13. The third-order valence-corrected chi connectivity index (χ3v) is 3.86. The van der Waals surface area contributed by atoms with Crippen molar-refractivity contribution in [3.8, 4) is 11.4 Å². The van der Waals surface area contributed by atoms with Crippen LogP contribution in [0.15, 0.2) is 29.7 Å². The molecule has 3 rings (SSSR count). The molecular weight excluding hydrogens is 276 g/mol. The number of halogens is 1. The van der Waals surface area contributed by atoms with Crippen molar-refractivity contribution < 1.29 is 8.42 Å². The van der Waals surface area contributed by atoms with Crippen LogP contribution in [0.5, 0.6) is 0 Å². The Morgan fingerprint density at radius 1 is 1.22 bits per heavy atom. The van der Waals surface area contributed by atoms with Gasteiger partial charge in [0.2, 0.25) is 0 Å². The maximum Gasteiger partial charge on any atom is 0.296 e. The summed E-state index contributed by atoms with van der Waals surface area (Å²) in [5.41, 5.74) is 0.774. The van der Waals surface area contributed by atoms with Crippen LogP contribution in [0.1, 0.15) is 18.9 Å². The smallest absolute Gasteiger partial charge is 0.294 e. The van der Waals surface area contributed by atoms with Gasteiger partial charge in [-0.1, -0.05) is 0 Å². The third-order valence-electron chi connectivity index (χ3n) is 2.73. The number of hydrogen-bond donors (Lipinski definition) is 0. The van der Waals surface area contributed by atoms with Crippen molar-refractivity contribution in [2.24, 2.45) is 0 Å². The number of aromatic nitrogens is 4. The van der Waals surface area contributed by atoms with Crippen molar-refractivity contribution in [1.29, 1.82) is 0 Å². The zero-order chi connectivity index (χ0) is 12.8. The van der Waals surface area contributed by atoms with Gasteiger partial charge < -0.3 is 0 Å². The zero-order valence-electron chi connectivity index (χ0n) is 9.19. The van der Waals surface area contributed by atoms with Crippen LogP contribution in [0.2, 0.25) is 0 Å². The molecule has 8 heteroatoms. The lowest BCUT2D eigenvalue weighted by Crippen LogP contribution is -2.06. The number of pyridine rings is 1. The second-order valence-corrected chi connectivity index (χ2v) is 6.54. The quantitative estimate of drug-likeness (QED) is 0.800. The molecule has 6 nitrogen and oxygen atoms in total. The van der Waals surface area contributed by atoms with Crippen LogP contribution in [0.25, 0.3) is 11.4 Å². The highest BCUT2D eigenvalue weighted by atomic mass is 35.7. The highest BCUT2D eigenvalue weighted by Crippen LogP contribution is 2.40. The minimum Gasteiger partial charge on any atom is -0.294 e. The van der Waals surface area contributed by atoms with Crippen molar-refractivity contribution in [2.45, 2.75) is 24.0 Å². The zero-order valence-corrected chi connectivity index (χ0v) is 10.8. The van der Waals surface area contributed by atoms with E-state index in [9.17, 15) is 8.42 Å². The first-order valence-corrected chi connectivity index (χ1v) is 7.68. The summed E-state index contributed by atoms with van der Waals surface area (Å²) in [4.78, 5) is 3.91. The Bertz CT molecular complexity index is 679. The van der Waals surface area contributed by atoms with Crippen LogP contribution in [0, 0.1) is 0 Å². The van der Waals surface area contributed by atoms with E-state index in [1.54, 1.807) is 29.1 Å². The second-order valence-electron chi connectivity index (χ2n) is 4.08. The van der Waals surface area contributed by atoms with Gasteiger partial charge in [-0.2, -0.15) is 0 Å². The van der Waals surface area contributed by atoms with Crippen LogP contribution in [-0.2, 0) is 9.05 Å². The molecule has 0 spiro atoms. The number of nitrogens with zero attached hydrogens (tertiary/aromatic N) is 4. The highest BCUT2D eigenvalue weighted by Gasteiger charge is 2.34. The monoisotopic (exact) mass is 284 g/mol. The molecule has 0 amide bonds. The van der Waals surface area contributed by atoms with Crippen LogP contribution in [0.3, 0.4) is 0 Å². The minimum atomic E-state index is -3.88. The lowest BCUT2D eigenvalue weighted by atomic mass is 10.2. The molecule has 1 saturated carbocycles. The molecule has 0 N–H and O–H groups in total. The van der Waals surface area contributed by atoms with Crippen molar-refractivity contribution >= 4 is 19.7 Å². The summed E-state index contributed by atoms with van der Waals surface area (Å²) in [5, 5.41) is 7.45. The minimum absolute atomic E-state index is 0.117. The standard InChI is InChI=1S/C10H9ClN4O2S/c11-18(16,17)10-14-13-9(15(10)8-1-2-8)7-3-5-12-6-4-7/h3-6,8H,1-2H2. The summed E-state index contributed by atoms with van der Waals surface area (Å²) in [5.74, 6) is 0.513. The largest absolute Gasteiger partial charge is 0.296 e. The van der Waals surface area contributed by atoms with E-state index in [1.807, 2.05) is 0 Å². The van der Waals surface area contributed by atoms with Gasteiger partial charge in [-0.3, -0.25) is 9.55 Å². The fourth-order valence-corrected chi connectivity index (χ4v) is 2.73. The summed E-state index contributed by atoms with van der Waals surface area (Å²) in [6.45, 7) is 0. The lowest BCUT2D eigenvalue weighted by molar-refractivity contribution is 0.579. The molecule has 0 unspecified atom stereocenters. The van der Waals surface area contributed by atoms with Gasteiger partial charge in [-0.05, 0) is 25.0 Å². The van der Waals surface area contributed by atoms with E-state index in [1.165, 1.54) is 0 Å². The van der Waals surface area contributed by atoms with Gasteiger partial charge in [-0.15, -0.1) is 10.2 Å². The van der Waals surface area contributed by atoms with Crippen molar-refractivity contribution in [1.82, 2.24) is 19.7 Å². The molecule has 0 atom stereocenters. The predicted octanol–water partition coefficient (Wildman–Crippen LogP) is 1.60. The molecule has 1 aliphatic carbocycles. The second kappa shape index (κ2) is 4.03. The molecule has 0 saturated heterocycles. The summed E-state index contributed by atoms with van der Waals surface area (Å²) in [6.07, 6.45) is 5.07. The summed E-state index contributed by atoms with van der Waals surface area (Å²) < 4.78 is 24.5. The molecule has 0 radical (unpaired) electrons. The van der Waals surface area contributed by atoms with E-state index in [4.69, 9.17) is 10.7 Å². The fraction of sp³-hybridized carbons (Fsp3) is 0.300. The Labute approximate surface area is 108 Å². The molecule has 2 aromatic rings. The SMILES string of the molecule is O=S(=O)(Cl)c1nnc(-c2ccncc2)n1C1CC1. The van der Waals surface area contributed by atoms with Crippen LogP contribution in [0.4, 0.5) is 0 Å². The average molecular weight is 285 g/mol. The first-order chi connectivity index (χ1) is 8.57. The van der Waals surface area contributed by atoms with Gasteiger partial charge in [0.25, 0.3) is 14.2 Å². The van der Waals surface area contributed by atoms with E-state index in [0.29, 0.717) is 5.82 Å². The van der Waals surface area contributed by atoms with Crippen molar-refractivity contribution in [3.63, 3.8) is 0 Å². The topological polar surface area (TPSA) is 77.7 Å². The Hall–Kier alpha value is -1.47. The number of hydrogen-bond acceptors (Lipinski definition) is 5. The first-order valence-electron chi connectivity index (χ1n) is 5.37. The molecule has 1 fully saturated rings. The van der Waals surface area contributed by atoms with Gasteiger partial charge in [0.1, 0.15) is 0 Å². The Kier molecular flexibility index (Phi) is 2.60. The van der Waals surface area contributed by atoms with Gasteiger partial charge in [0.15, 0.2) is 5.82 Å². The fourth-order valence-electron chi connectivity index (χ4n) is 1.80.